The monoisotopic (exact) mass is 410 g/mol. The normalized spacial score (nSPS) is 25.6. The van der Waals surface area contributed by atoms with E-state index in [1.54, 1.807) is 31.6 Å². The Balaban J connectivity index is 1.44. The number of halogens is 1. The number of phenols is 1. The minimum atomic E-state index is -0.951. The van der Waals surface area contributed by atoms with Gasteiger partial charge in [0.25, 0.3) is 5.56 Å². The molecule has 0 spiro atoms. The number of anilines is 1. The molecule has 30 heavy (non-hydrogen) atoms. The second-order valence-electron chi connectivity index (χ2n) is 8.18. The molecule has 0 aliphatic carbocycles. The van der Waals surface area contributed by atoms with Crippen molar-refractivity contribution in [3.63, 3.8) is 0 Å². The van der Waals surface area contributed by atoms with Crippen molar-refractivity contribution in [1.29, 1.82) is 0 Å². The lowest BCUT2D eigenvalue weighted by molar-refractivity contribution is 0.176. The minimum absolute atomic E-state index is 0.0850. The average molecular weight is 410 g/mol. The van der Waals surface area contributed by atoms with E-state index in [0.717, 1.165) is 19.3 Å². The summed E-state index contributed by atoms with van der Waals surface area (Å²) >= 11 is 0. The van der Waals surface area contributed by atoms with E-state index in [9.17, 15) is 14.3 Å². The first kappa shape index (κ1) is 18.9. The smallest absolute Gasteiger partial charge is 0.261 e. The Bertz CT molecular complexity index is 1160. The van der Waals surface area contributed by atoms with Crippen LogP contribution in [0.1, 0.15) is 19.3 Å². The van der Waals surface area contributed by atoms with E-state index < -0.39 is 6.17 Å². The summed E-state index contributed by atoms with van der Waals surface area (Å²) in [7, 11) is 3.45. The van der Waals surface area contributed by atoms with Gasteiger partial charge in [0.2, 0.25) is 0 Å². The third-order valence-electron chi connectivity index (χ3n) is 6.39. The minimum Gasteiger partial charge on any atom is -0.505 e. The number of nitrogens with one attached hydrogen (secondary N) is 1. The van der Waals surface area contributed by atoms with Crippen LogP contribution in [0, 0.1) is 0 Å². The maximum atomic E-state index is 14.9. The summed E-state index contributed by atoms with van der Waals surface area (Å²) in [6.45, 7) is 0. The summed E-state index contributed by atoms with van der Waals surface area (Å²) in [4.78, 5) is 27.2. The van der Waals surface area contributed by atoms with Crippen LogP contribution in [0.2, 0.25) is 0 Å². The molecule has 2 aliphatic rings. The molecule has 4 atom stereocenters. The van der Waals surface area contributed by atoms with Crippen LogP contribution in [-0.2, 0) is 7.05 Å². The molecule has 0 saturated carbocycles. The Morgan fingerprint density at radius 2 is 2.07 bits per heavy atom. The quantitative estimate of drug-likeness (QED) is 0.679. The van der Waals surface area contributed by atoms with Crippen molar-refractivity contribution in [1.82, 2.24) is 24.8 Å². The molecular weight excluding hydrogens is 387 g/mol. The van der Waals surface area contributed by atoms with Crippen LogP contribution in [-0.4, -0.2) is 56.0 Å². The fourth-order valence-corrected chi connectivity index (χ4v) is 4.64. The largest absolute Gasteiger partial charge is 0.505 e. The van der Waals surface area contributed by atoms with Crippen LogP contribution in [0.4, 0.5) is 10.2 Å². The number of hydrogen-bond donors (Lipinski definition) is 2. The first-order valence-corrected chi connectivity index (χ1v) is 10.1. The number of piperidine rings is 1. The van der Waals surface area contributed by atoms with E-state index in [1.165, 1.54) is 10.9 Å². The number of aromatic hydroxyl groups is 1. The highest BCUT2D eigenvalue weighted by Gasteiger charge is 2.43. The summed E-state index contributed by atoms with van der Waals surface area (Å²) in [5.74, 6) is 0.472. The number of aryl methyl sites for hydroxylation is 1. The number of alkyl halides is 1. The lowest BCUT2D eigenvalue weighted by atomic mass is 9.96. The van der Waals surface area contributed by atoms with E-state index in [1.807, 2.05) is 11.9 Å². The first-order chi connectivity index (χ1) is 14.4. The molecular formula is C21H23FN6O2. The highest BCUT2D eigenvalue weighted by Crippen LogP contribution is 2.35. The van der Waals surface area contributed by atoms with Crippen LogP contribution in [0.5, 0.6) is 5.75 Å². The molecule has 4 heterocycles. The van der Waals surface area contributed by atoms with E-state index in [2.05, 4.69) is 20.3 Å². The predicted octanol–water partition coefficient (Wildman–Crippen LogP) is 1.76. The Labute approximate surface area is 172 Å². The first-order valence-electron chi connectivity index (χ1n) is 10.1. The molecule has 2 unspecified atom stereocenters. The highest BCUT2D eigenvalue weighted by molar-refractivity contribution is 5.90. The van der Waals surface area contributed by atoms with Crippen LogP contribution in [0.25, 0.3) is 22.2 Å². The van der Waals surface area contributed by atoms with Crippen molar-refractivity contribution in [2.24, 2.45) is 7.05 Å². The van der Waals surface area contributed by atoms with Crippen molar-refractivity contribution < 1.29 is 9.50 Å². The molecule has 5 rings (SSSR count). The van der Waals surface area contributed by atoms with Gasteiger partial charge in [0.05, 0.1) is 35.8 Å². The maximum absolute atomic E-state index is 14.9. The zero-order chi connectivity index (χ0) is 21.0. The molecule has 2 N–H and O–H groups in total. The van der Waals surface area contributed by atoms with Gasteiger partial charge in [-0.05, 0) is 31.4 Å². The number of aromatic nitrogens is 4. The summed E-state index contributed by atoms with van der Waals surface area (Å²) in [6, 6.07) is 3.30. The zero-order valence-electron chi connectivity index (χ0n) is 16.8. The molecule has 9 heteroatoms. The molecule has 2 bridgehead atoms. The Hall–Kier alpha value is -3.07. The van der Waals surface area contributed by atoms with E-state index in [-0.39, 0.29) is 28.9 Å². The van der Waals surface area contributed by atoms with Gasteiger partial charge in [-0.1, -0.05) is 0 Å². The van der Waals surface area contributed by atoms with Crippen LogP contribution in [0.3, 0.4) is 0 Å². The molecule has 2 aliphatic heterocycles. The SMILES string of the molecule is CN(c1cnc(-c2ccc3c(=O)n(C)cnc3c2O)cn1)[C@@H]1CC2CCC(N2)[C@@H]1F. The van der Waals surface area contributed by atoms with Gasteiger partial charge < -0.3 is 19.9 Å². The van der Waals surface area contributed by atoms with E-state index >= 15 is 0 Å². The number of phenolic OH excluding ortho intramolecular Hbond substituents is 1. The van der Waals surface area contributed by atoms with Crippen molar-refractivity contribution in [3.8, 4) is 17.0 Å². The zero-order valence-corrected chi connectivity index (χ0v) is 16.8. The lowest BCUT2D eigenvalue weighted by Crippen LogP contribution is -2.55. The Morgan fingerprint density at radius 1 is 1.23 bits per heavy atom. The Morgan fingerprint density at radius 3 is 2.83 bits per heavy atom. The van der Waals surface area contributed by atoms with Gasteiger partial charge in [-0.25, -0.2) is 14.4 Å². The molecule has 2 fully saturated rings. The van der Waals surface area contributed by atoms with Crippen LogP contribution in [0.15, 0.2) is 35.6 Å². The van der Waals surface area contributed by atoms with Crippen LogP contribution < -0.4 is 15.8 Å². The maximum Gasteiger partial charge on any atom is 0.261 e. The summed E-state index contributed by atoms with van der Waals surface area (Å²) in [5.41, 5.74) is 0.884. The number of rotatable bonds is 3. The number of benzene rings is 1. The summed E-state index contributed by atoms with van der Waals surface area (Å²) in [6.07, 6.45) is 6.19. The topological polar surface area (TPSA) is 96.2 Å². The molecule has 1 aromatic carbocycles. The molecule has 156 valence electrons. The second-order valence-corrected chi connectivity index (χ2v) is 8.18. The van der Waals surface area contributed by atoms with Gasteiger partial charge in [-0.3, -0.25) is 9.78 Å². The number of hydrogen-bond acceptors (Lipinski definition) is 7. The lowest BCUT2D eigenvalue weighted by Gasteiger charge is -2.38. The van der Waals surface area contributed by atoms with Gasteiger partial charge >= 0.3 is 0 Å². The summed E-state index contributed by atoms with van der Waals surface area (Å²) < 4.78 is 16.2. The molecule has 0 radical (unpaired) electrons. The fourth-order valence-electron chi connectivity index (χ4n) is 4.64. The van der Waals surface area contributed by atoms with Crippen molar-refractivity contribution in [2.75, 3.05) is 11.9 Å². The van der Waals surface area contributed by atoms with Gasteiger partial charge in [-0.2, -0.15) is 0 Å². The van der Waals surface area contributed by atoms with Gasteiger partial charge in [0.1, 0.15) is 17.5 Å². The average Bonchev–Trinajstić information content (AvgIpc) is 3.17. The van der Waals surface area contributed by atoms with E-state index in [0.29, 0.717) is 28.5 Å². The highest BCUT2D eigenvalue weighted by atomic mass is 19.1. The molecule has 0 amide bonds. The molecule has 2 aromatic heterocycles. The predicted molar refractivity (Wildman–Crippen MR) is 111 cm³/mol. The third-order valence-corrected chi connectivity index (χ3v) is 6.39. The Kier molecular flexibility index (Phi) is 4.43. The molecule has 3 aromatic rings. The number of fused-ring (bicyclic) bond motifs is 3. The standard InChI is InChI=1S/C21H23FN6O2/c1-27-10-25-19-13(21(27)30)5-4-12(20(19)29)15-8-24-17(9-23-15)28(2)16-7-11-3-6-14(26-11)18(16)22/h4-5,8-11,14,16,18,26,29H,3,6-7H2,1-2H3/t11?,14?,16-,18+/m1/s1. The van der Waals surface area contributed by atoms with Crippen molar-refractivity contribution in [3.05, 3.63) is 41.2 Å². The summed E-state index contributed by atoms with van der Waals surface area (Å²) in [5, 5.41) is 14.3. The van der Waals surface area contributed by atoms with E-state index in [4.69, 9.17) is 0 Å². The molecule has 8 nitrogen and oxygen atoms in total. The fraction of sp³-hybridized carbons (Fsp3) is 0.429. The second kappa shape index (κ2) is 7.02. The third kappa shape index (κ3) is 2.92. The van der Waals surface area contributed by atoms with Crippen molar-refractivity contribution >= 4 is 16.7 Å². The van der Waals surface area contributed by atoms with Crippen LogP contribution >= 0.6 is 0 Å². The number of nitrogens with zero attached hydrogens (tertiary/aromatic N) is 5. The van der Waals surface area contributed by atoms with Gasteiger partial charge in [-0.15, -0.1) is 0 Å². The van der Waals surface area contributed by atoms with Gasteiger partial charge in [0.15, 0.2) is 5.75 Å². The van der Waals surface area contributed by atoms with Crippen molar-refractivity contribution in [2.45, 2.75) is 43.6 Å². The van der Waals surface area contributed by atoms with Gasteiger partial charge in [0, 0.05) is 31.7 Å². The molecule has 2 saturated heterocycles.